The minimum Gasteiger partial charge on any atom is -0.494 e. The Hall–Kier alpha value is -3.46. The van der Waals surface area contributed by atoms with E-state index in [2.05, 4.69) is 22.8 Å². The third-order valence-electron chi connectivity index (χ3n) is 10.4. The zero-order chi connectivity index (χ0) is 34.4. The number of imide groups is 1. The number of fused-ring (bicyclic) bond motifs is 3. The van der Waals surface area contributed by atoms with Crippen LogP contribution in [0.5, 0.6) is 5.75 Å². The molecule has 0 aromatic heterocycles. The maximum absolute atomic E-state index is 13.3. The molecule has 9 heteroatoms. The maximum Gasteiger partial charge on any atom is 0.429 e. The van der Waals surface area contributed by atoms with Crippen molar-refractivity contribution in [2.24, 2.45) is 0 Å². The molecule has 2 aromatic carbocycles. The average Bonchev–Trinajstić information content (AvgIpc) is 3.41. The second-order valence-corrected chi connectivity index (χ2v) is 14.1. The second kappa shape index (κ2) is 19.1. The van der Waals surface area contributed by atoms with Gasteiger partial charge >= 0.3 is 12.1 Å². The first-order valence-corrected chi connectivity index (χ1v) is 19.0. The minimum atomic E-state index is -0.897. The number of para-hydroxylation sites is 1. The van der Waals surface area contributed by atoms with Gasteiger partial charge in [-0.3, -0.25) is 9.59 Å². The highest BCUT2D eigenvalue weighted by Gasteiger charge is 2.48. The quantitative estimate of drug-likeness (QED) is 0.0786. The van der Waals surface area contributed by atoms with E-state index in [1.54, 1.807) is 18.2 Å². The van der Waals surface area contributed by atoms with Gasteiger partial charge in [0.2, 0.25) is 0 Å². The fraction of sp³-hybridized carbons (Fsp3) is 0.625. The first-order chi connectivity index (χ1) is 24.0. The lowest BCUT2D eigenvalue weighted by Crippen LogP contribution is -2.53. The average molecular weight is 678 g/mol. The molecule has 0 radical (unpaired) electrons. The van der Waals surface area contributed by atoms with E-state index in [0.29, 0.717) is 24.5 Å². The van der Waals surface area contributed by atoms with Crippen LogP contribution in [0.2, 0.25) is 0 Å². The highest BCUT2D eigenvalue weighted by molar-refractivity contribution is 6.19. The zero-order valence-corrected chi connectivity index (χ0v) is 29.5. The van der Waals surface area contributed by atoms with E-state index >= 15 is 0 Å². The van der Waals surface area contributed by atoms with E-state index < -0.39 is 12.1 Å². The molecular weight excluding hydrogens is 621 g/mol. The lowest BCUT2D eigenvalue weighted by Gasteiger charge is -2.40. The summed E-state index contributed by atoms with van der Waals surface area (Å²) in [4.78, 5) is 44.8. The largest absolute Gasteiger partial charge is 0.494 e. The number of esters is 1. The van der Waals surface area contributed by atoms with Crippen molar-refractivity contribution in [3.05, 3.63) is 53.8 Å². The molecule has 3 aliphatic heterocycles. The number of hydrogen-bond donors (Lipinski definition) is 0. The fourth-order valence-electron chi connectivity index (χ4n) is 7.81. The number of carbonyl (C=O) groups is 3. The van der Waals surface area contributed by atoms with Crippen LogP contribution < -0.4 is 14.5 Å². The molecule has 268 valence electrons. The molecule has 3 heterocycles. The molecule has 0 spiro atoms. The summed E-state index contributed by atoms with van der Waals surface area (Å²) < 4.78 is 24.2. The highest BCUT2D eigenvalue weighted by Crippen LogP contribution is 2.51. The molecule has 0 bridgehead atoms. The SMILES string of the molecule is CCCCCCCCCCCCCCCCC(=O)OC(=O)N1C(=O)CN2c3c(cccc31)[C@@H]1CN(CCCOc3ccc(F)cc3)CC[C@@H]12. The molecule has 2 aromatic rings. The second-order valence-electron chi connectivity index (χ2n) is 14.1. The van der Waals surface area contributed by atoms with Gasteiger partial charge in [-0.25, -0.2) is 14.1 Å². The monoisotopic (exact) mass is 677 g/mol. The molecule has 1 saturated heterocycles. The standard InChI is InChI=1S/C40H56FN3O5/c1-2-3-4-5-6-7-8-9-10-11-12-13-14-15-20-38(46)49-40(47)44-36-19-16-18-33-34-29-42(26-17-28-48-32-23-21-31(41)22-24-32)27-25-35(34)43(39(33)36)30-37(44)45/h16,18-19,21-24,34-35H,2-15,17,20,25-30H2,1H3/t34-,35-/m0/s1. The van der Waals surface area contributed by atoms with Crippen molar-refractivity contribution in [2.45, 2.75) is 128 Å². The molecule has 2 amide bonds. The van der Waals surface area contributed by atoms with Crippen LogP contribution in [0.15, 0.2) is 42.5 Å². The number of benzene rings is 2. The summed E-state index contributed by atoms with van der Waals surface area (Å²) in [5.41, 5.74) is 2.56. The summed E-state index contributed by atoms with van der Waals surface area (Å²) in [5.74, 6) is -0.332. The Kier molecular flexibility index (Phi) is 14.3. The predicted octanol–water partition coefficient (Wildman–Crippen LogP) is 9.15. The summed E-state index contributed by atoms with van der Waals surface area (Å²) in [6.07, 6.45) is 18.2. The van der Waals surface area contributed by atoms with Gasteiger partial charge < -0.3 is 19.3 Å². The normalized spacial score (nSPS) is 18.4. The van der Waals surface area contributed by atoms with Gasteiger partial charge in [0.15, 0.2) is 0 Å². The van der Waals surface area contributed by atoms with Gasteiger partial charge in [0.25, 0.3) is 5.91 Å². The number of hydrogen-bond acceptors (Lipinski definition) is 7. The van der Waals surface area contributed by atoms with E-state index in [4.69, 9.17) is 9.47 Å². The Labute approximate surface area is 292 Å². The smallest absolute Gasteiger partial charge is 0.429 e. The van der Waals surface area contributed by atoms with Crippen molar-refractivity contribution in [3.63, 3.8) is 0 Å². The van der Waals surface area contributed by atoms with Crippen LogP contribution in [0.3, 0.4) is 0 Å². The number of carbonyl (C=O) groups excluding carboxylic acids is 3. The summed E-state index contributed by atoms with van der Waals surface area (Å²) >= 11 is 0. The Bertz CT molecular complexity index is 1370. The number of rotatable bonds is 20. The fourth-order valence-corrected chi connectivity index (χ4v) is 7.81. The molecule has 8 nitrogen and oxygen atoms in total. The number of anilines is 2. The van der Waals surface area contributed by atoms with Gasteiger partial charge in [-0.1, -0.05) is 103 Å². The first kappa shape index (κ1) is 36.8. The lowest BCUT2D eigenvalue weighted by atomic mass is 9.89. The van der Waals surface area contributed by atoms with E-state index in [1.807, 2.05) is 6.07 Å². The number of unbranched alkanes of at least 4 members (excludes halogenated alkanes) is 13. The van der Waals surface area contributed by atoms with E-state index in [1.165, 1.54) is 82.8 Å². The van der Waals surface area contributed by atoms with Crippen molar-refractivity contribution in [1.82, 2.24) is 4.90 Å². The van der Waals surface area contributed by atoms with Crippen LogP contribution >= 0.6 is 0 Å². The molecule has 1 fully saturated rings. The van der Waals surface area contributed by atoms with Gasteiger partial charge in [-0.2, -0.15) is 0 Å². The molecule has 49 heavy (non-hydrogen) atoms. The highest BCUT2D eigenvalue weighted by atomic mass is 19.1. The van der Waals surface area contributed by atoms with Gasteiger partial charge in [-0.05, 0) is 55.2 Å². The summed E-state index contributed by atoms with van der Waals surface area (Å²) in [5, 5.41) is 0. The van der Waals surface area contributed by atoms with E-state index in [0.717, 1.165) is 61.5 Å². The van der Waals surface area contributed by atoms with E-state index in [-0.39, 0.29) is 36.6 Å². The third-order valence-corrected chi connectivity index (χ3v) is 10.4. The molecule has 0 aliphatic carbocycles. The predicted molar refractivity (Wildman–Crippen MR) is 192 cm³/mol. The van der Waals surface area contributed by atoms with Crippen LogP contribution in [-0.4, -0.2) is 61.7 Å². The topological polar surface area (TPSA) is 79.4 Å². The number of halogens is 1. The molecule has 0 N–H and O–H groups in total. The third kappa shape index (κ3) is 10.3. The minimum absolute atomic E-state index is 0.0962. The lowest BCUT2D eigenvalue weighted by molar-refractivity contribution is -0.137. The van der Waals surface area contributed by atoms with Gasteiger partial charge in [0, 0.05) is 38.0 Å². The van der Waals surface area contributed by atoms with Gasteiger partial charge in [-0.15, -0.1) is 0 Å². The summed E-state index contributed by atoms with van der Waals surface area (Å²) in [7, 11) is 0. The van der Waals surface area contributed by atoms with Crippen molar-refractivity contribution in [3.8, 4) is 5.75 Å². The molecule has 0 saturated carbocycles. The number of piperidine rings is 1. The Balaban J connectivity index is 1.02. The summed E-state index contributed by atoms with van der Waals surface area (Å²) in [6.45, 7) is 5.53. The molecule has 2 atom stereocenters. The summed E-state index contributed by atoms with van der Waals surface area (Å²) in [6, 6.07) is 12.0. The number of likely N-dealkylation sites (tertiary alicyclic amines) is 1. The van der Waals surface area contributed by atoms with Crippen LogP contribution in [0.4, 0.5) is 20.6 Å². The van der Waals surface area contributed by atoms with Crippen LogP contribution in [0.1, 0.15) is 128 Å². The van der Waals surface area contributed by atoms with Crippen molar-refractivity contribution < 1.29 is 28.2 Å². The Morgan fingerprint density at radius 2 is 1.49 bits per heavy atom. The van der Waals surface area contributed by atoms with Crippen LogP contribution in [0, 0.1) is 5.82 Å². The van der Waals surface area contributed by atoms with Crippen molar-refractivity contribution in [1.29, 1.82) is 0 Å². The Morgan fingerprint density at radius 1 is 0.837 bits per heavy atom. The first-order valence-electron chi connectivity index (χ1n) is 19.0. The maximum atomic E-state index is 13.3. The van der Waals surface area contributed by atoms with Crippen LogP contribution in [-0.2, 0) is 14.3 Å². The van der Waals surface area contributed by atoms with Gasteiger partial charge in [0.05, 0.1) is 24.5 Å². The Morgan fingerprint density at radius 3 is 2.16 bits per heavy atom. The van der Waals surface area contributed by atoms with Crippen molar-refractivity contribution in [2.75, 3.05) is 42.6 Å². The molecule has 5 rings (SSSR count). The van der Waals surface area contributed by atoms with Gasteiger partial charge in [0.1, 0.15) is 11.6 Å². The molecule has 3 aliphatic rings. The molecular formula is C40H56FN3O5. The number of nitrogens with zero attached hydrogens (tertiary/aromatic N) is 3. The number of amides is 2. The molecule has 0 unspecified atom stereocenters. The van der Waals surface area contributed by atoms with E-state index in [9.17, 15) is 18.8 Å². The van der Waals surface area contributed by atoms with Crippen LogP contribution in [0.25, 0.3) is 0 Å². The number of ether oxygens (including phenoxy) is 2. The van der Waals surface area contributed by atoms with Crippen molar-refractivity contribution >= 4 is 29.3 Å². The zero-order valence-electron chi connectivity index (χ0n) is 29.5.